The summed E-state index contributed by atoms with van der Waals surface area (Å²) in [5.74, 6) is -1.81. The fourth-order valence-electron chi connectivity index (χ4n) is 6.83. The minimum absolute atomic E-state index is 0.112. The van der Waals surface area contributed by atoms with E-state index in [0.717, 1.165) is 16.7 Å². The lowest BCUT2D eigenvalue weighted by Gasteiger charge is -2.61. The lowest BCUT2D eigenvalue weighted by atomic mass is 9.37. The standard InChI is InChI=1S/C36H54O4/c1-12-27(10)30(37)36-32(39)29(18-16-25(6)7)31(38)35(33(36)40,21-19-26(8)9)22-28(17-15-24(4)5)34(36,11)20-13-14-23(2)3/h14-16,19,27-28,38H,12-13,17-18,20-22H2,1-11H3/t27-,28-,34+,35+,36-/m0/s1. The molecule has 0 aromatic carbocycles. The molecule has 2 rings (SSSR count). The van der Waals surface area contributed by atoms with E-state index in [1.807, 2.05) is 74.5 Å². The van der Waals surface area contributed by atoms with Crippen LogP contribution in [0.15, 0.2) is 57.9 Å². The molecule has 222 valence electrons. The van der Waals surface area contributed by atoms with Crippen LogP contribution in [-0.4, -0.2) is 22.5 Å². The van der Waals surface area contributed by atoms with Crippen LogP contribution in [0.1, 0.15) is 121 Å². The highest BCUT2D eigenvalue weighted by atomic mass is 16.3. The Balaban J connectivity index is 3.11. The number of rotatable bonds is 12. The number of hydrogen-bond acceptors (Lipinski definition) is 4. The summed E-state index contributed by atoms with van der Waals surface area (Å²) in [5.41, 5.74) is 0.600. The number of aliphatic hydroxyl groups is 1. The van der Waals surface area contributed by atoms with Gasteiger partial charge in [-0.25, -0.2) is 0 Å². The summed E-state index contributed by atoms with van der Waals surface area (Å²) in [4.78, 5) is 44.8. The van der Waals surface area contributed by atoms with Crippen LogP contribution in [0.25, 0.3) is 0 Å². The average Bonchev–Trinajstić information content (AvgIpc) is 2.86. The Bertz CT molecular complexity index is 1160. The molecule has 1 N–H and O–H groups in total. The maximum absolute atomic E-state index is 15.1. The van der Waals surface area contributed by atoms with E-state index in [1.165, 1.54) is 5.57 Å². The topological polar surface area (TPSA) is 71.4 Å². The van der Waals surface area contributed by atoms with Gasteiger partial charge < -0.3 is 5.11 Å². The van der Waals surface area contributed by atoms with Crippen LogP contribution in [0.2, 0.25) is 0 Å². The van der Waals surface area contributed by atoms with Gasteiger partial charge in [-0.05, 0) is 112 Å². The van der Waals surface area contributed by atoms with E-state index >= 15 is 4.79 Å². The first kappa shape index (κ1) is 33.7. The van der Waals surface area contributed by atoms with Gasteiger partial charge in [-0.1, -0.05) is 67.4 Å². The van der Waals surface area contributed by atoms with Crippen molar-refractivity contribution in [2.75, 3.05) is 0 Å². The predicted molar refractivity (Wildman–Crippen MR) is 166 cm³/mol. The molecule has 0 amide bonds. The molecule has 0 aliphatic heterocycles. The van der Waals surface area contributed by atoms with Crippen LogP contribution in [-0.2, 0) is 14.4 Å². The SMILES string of the molecule is CC[C@H](C)C(=O)[C@@]12C(=O)C(CC=C(C)C)=C(O)[C@@](CC=C(C)C)(C[C@H](CC=C(C)C)[C@@]1(C)CCC=C(C)C)C2=O. The Morgan fingerprint density at radius 1 is 0.925 bits per heavy atom. The molecule has 0 aromatic rings. The highest BCUT2D eigenvalue weighted by Gasteiger charge is 2.76. The Morgan fingerprint density at radius 2 is 1.48 bits per heavy atom. The molecule has 0 aromatic heterocycles. The molecule has 4 nitrogen and oxygen atoms in total. The molecule has 1 fully saturated rings. The summed E-state index contributed by atoms with van der Waals surface area (Å²) in [6.45, 7) is 21.9. The number of fused-ring (bicyclic) bond motifs is 2. The summed E-state index contributed by atoms with van der Waals surface area (Å²) in [6.07, 6.45) is 11.6. The molecule has 4 heteroatoms. The van der Waals surface area contributed by atoms with Gasteiger partial charge >= 0.3 is 0 Å². The third-order valence-electron chi connectivity index (χ3n) is 9.51. The van der Waals surface area contributed by atoms with Crippen LogP contribution in [0.5, 0.6) is 0 Å². The number of carbonyl (C=O) groups excluding carboxylic acids is 3. The number of allylic oxidation sites excluding steroid dienone is 10. The number of ketones is 3. The smallest absolute Gasteiger partial charge is 0.184 e. The quantitative estimate of drug-likeness (QED) is 0.194. The highest BCUT2D eigenvalue weighted by Crippen LogP contribution is 2.67. The average molecular weight is 551 g/mol. The minimum Gasteiger partial charge on any atom is -0.511 e. The van der Waals surface area contributed by atoms with E-state index in [4.69, 9.17) is 0 Å². The molecular formula is C36H54O4. The molecule has 0 saturated heterocycles. The van der Waals surface area contributed by atoms with Crippen molar-refractivity contribution in [3.63, 3.8) is 0 Å². The third kappa shape index (κ3) is 5.92. The summed E-state index contributed by atoms with van der Waals surface area (Å²) in [7, 11) is 0. The first-order valence-electron chi connectivity index (χ1n) is 15.1. The van der Waals surface area contributed by atoms with E-state index in [0.29, 0.717) is 32.1 Å². The van der Waals surface area contributed by atoms with Gasteiger partial charge in [0.05, 0.1) is 5.41 Å². The lowest BCUT2D eigenvalue weighted by molar-refractivity contribution is -0.180. The van der Waals surface area contributed by atoms with E-state index in [2.05, 4.69) is 26.0 Å². The van der Waals surface area contributed by atoms with Crippen LogP contribution in [0.4, 0.5) is 0 Å². The van der Waals surface area contributed by atoms with E-state index in [-0.39, 0.29) is 41.7 Å². The molecule has 2 aliphatic rings. The number of hydrogen-bond donors (Lipinski definition) is 1. The van der Waals surface area contributed by atoms with Gasteiger partial charge in [0.1, 0.15) is 5.76 Å². The highest BCUT2D eigenvalue weighted by molar-refractivity contribution is 6.33. The minimum atomic E-state index is -1.83. The maximum Gasteiger partial charge on any atom is 0.184 e. The number of aliphatic hydroxyl groups excluding tert-OH is 1. The fraction of sp³-hybridized carbons (Fsp3) is 0.639. The van der Waals surface area contributed by atoms with Crippen LogP contribution < -0.4 is 0 Å². The molecule has 2 bridgehead atoms. The summed E-state index contributed by atoms with van der Waals surface area (Å²) in [5, 5.41) is 11.9. The van der Waals surface area contributed by atoms with Crippen molar-refractivity contribution in [1.82, 2.24) is 0 Å². The van der Waals surface area contributed by atoms with Gasteiger partial charge in [0.15, 0.2) is 22.8 Å². The van der Waals surface area contributed by atoms with Gasteiger partial charge in [0.25, 0.3) is 0 Å². The van der Waals surface area contributed by atoms with Crippen molar-refractivity contribution < 1.29 is 19.5 Å². The van der Waals surface area contributed by atoms with Crippen molar-refractivity contribution in [1.29, 1.82) is 0 Å². The van der Waals surface area contributed by atoms with Gasteiger partial charge in [0.2, 0.25) is 0 Å². The predicted octanol–water partition coefficient (Wildman–Crippen LogP) is 9.38. The largest absolute Gasteiger partial charge is 0.511 e. The van der Waals surface area contributed by atoms with Crippen molar-refractivity contribution in [2.45, 2.75) is 121 Å². The number of Topliss-reactive ketones (excluding diaryl/α,β-unsaturated/α-hetero) is 3. The lowest BCUT2D eigenvalue weighted by Crippen LogP contribution is -2.71. The Hall–Kier alpha value is -2.49. The summed E-state index contributed by atoms with van der Waals surface area (Å²) >= 11 is 0. The van der Waals surface area contributed by atoms with Crippen molar-refractivity contribution in [3.8, 4) is 0 Å². The van der Waals surface area contributed by atoms with Gasteiger partial charge in [-0.15, -0.1) is 0 Å². The second kappa shape index (κ2) is 13.0. The van der Waals surface area contributed by atoms with Crippen molar-refractivity contribution in [2.24, 2.45) is 28.1 Å². The normalized spacial score (nSPS) is 28.5. The molecule has 0 radical (unpaired) electrons. The van der Waals surface area contributed by atoms with Gasteiger partial charge in [0, 0.05) is 11.5 Å². The van der Waals surface area contributed by atoms with Crippen LogP contribution in [0, 0.1) is 28.1 Å². The first-order chi connectivity index (χ1) is 18.5. The van der Waals surface area contributed by atoms with Crippen LogP contribution >= 0.6 is 0 Å². The first-order valence-corrected chi connectivity index (χ1v) is 15.1. The Kier molecular flexibility index (Phi) is 11.0. The summed E-state index contributed by atoms with van der Waals surface area (Å²) < 4.78 is 0. The Labute approximate surface area is 243 Å². The molecule has 0 spiro atoms. The number of carbonyl (C=O) groups is 3. The summed E-state index contributed by atoms with van der Waals surface area (Å²) in [6, 6.07) is 0. The maximum atomic E-state index is 15.1. The zero-order valence-corrected chi connectivity index (χ0v) is 27.1. The molecule has 2 aliphatic carbocycles. The second-order valence-electron chi connectivity index (χ2n) is 13.6. The van der Waals surface area contributed by atoms with E-state index < -0.39 is 27.9 Å². The van der Waals surface area contributed by atoms with Gasteiger partial charge in [-0.2, -0.15) is 0 Å². The zero-order valence-electron chi connectivity index (χ0n) is 27.1. The second-order valence-corrected chi connectivity index (χ2v) is 13.6. The third-order valence-corrected chi connectivity index (χ3v) is 9.51. The molecule has 0 unspecified atom stereocenters. The van der Waals surface area contributed by atoms with E-state index in [1.54, 1.807) is 0 Å². The van der Waals surface area contributed by atoms with E-state index in [9.17, 15) is 14.7 Å². The zero-order chi connectivity index (χ0) is 30.6. The van der Waals surface area contributed by atoms with Gasteiger partial charge in [-0.3, -0.25) is 14.4 Å². The molecule has 0 heterocycles. The monoisotopic (exact) mass is 550 g/mol. The Morgan fingerprint density at radius 3 is 1.98 bits per heavy atom. The fourth-order valence-corrected chi connectivity index (χ4v) is 6.83. The molecular weight excluding hydrogens is 496 g/mol. The molecule has 40 heavy (non-hydrogen) atoms. The molecule has 1 saturated carbocycles. The van der Waals surface area contributed by atoms with Crippen LogP contribution in [0.3, 0.4) is 0 Å². The van der Waals surface area contributed by atoms with Crippen molar-refractivity contribution >= 4 is 17.3 Å². The molecule has 5 atom stereocenters. The van der Waals surface area contributed by atoms with Crippen molar-refractivity contribution in [3.05, 3.63) is 57.9 Å².